The van der Waals surface area contributed by atoms with Crippen LogP contribution in [0.2, 0.25) is 0 Å². The molecule has 0 radical (unpaired) electrons. The SMILES string of the molecule is Cc1cc[c]([Pt][c]2ccc(C)cc2)cc1. The van der Waals surface area contributed by atoms with Crippen LogP contribution in [0.25, 0.3) is 0 Å². The normalized spacial score (nSPS) is 10.5. The summed E-state index contributed by atoms with van der Waals surface area (Å²) in [6.45, 7) is 4.27. The quantitative estimate of drug-likeness (QED) is 0.754. The van der Waals surface area contributed by atoms with Crippen molar-refractivity contribution in [3.63, 3.8) is 0 Å². The van der Waals surface area contributed by atoms with Gasteiger partial charge in [-0.3, -0.25) is 0 Å². The molecule has 0 fully saturated rings. The fourth-order valence-electron chi connectivity index (χ4n) is 1.26. The summed E-state index contributed by atoms with van der Waals surface area (Å²) < 4.78 is 2.98. The van der Waals surface area contributed by atoms with E-state index in [0.29, 0.717) is 0 Å². The zero-order valence-electron chi connectivity index (χ0n) is 8.94. The molecule has 0 heterocycles. The van der Waals surface area contributed by atoms with Crippen molar-refractivity contribution < 1.29 is 18.6 Å². The molecule has 2 aromatic carbocycles. The second-order valence-electron chi connectivity index (χ2n) is 3.60. The summed E-state index contributed by atoms with van der Waals surface area (Å²) in [5.74, 6) is 0. The van der Waals surface area contributed by atoms with E-state index >= 15 is 0 Å². The zero-order chi connectivity index (χ0) is 10.7. The van der Waals surface area contributed by atoms with Crippen molar-refractivity contribution in [1.29, 1.82) is 0 Å². The second-order valence-corrected chi connectivity index (χ2v) is 6.79. The Bertz CT molecular complexity index is 382. The summed E-state index contributed by atoms with van der Waals surface area (Å²) in [7, 11) is 0. The van der Waals surface area contributed by atoms with Gasteiger partial charge in [-0.1, -0.05) is 0 Å². The third-order valence-electron chi connectivity index (χ3n) is 2.16. The Morgan fingerprint density at radius 1 is 0.600 bits per heavy atom. The van der Waals surface area contributed by atoms with Crippen LogP contribution in [0.5, 0.6) is 0 Å². The average molecular weight is 377 g/mol. The van der Waals surface area contributed by atoms with Crippen LogP contribution in [-0.4, -0.2) is 0 Å². The van der Waals surface area contributed by atoms with Crippen molar-refractivity contribution in [3.05, 3.63) is 59.7 Å². The van der Waals surface area contributed by atoms with Gasteiger partial charge in [0.25, 0.3) is 0 Å². The van der Waals surface area contributed by atoms with Gasteiger partial charge in [-0.25, -0.2) is 0 Å². The average Bonchev–Trinajstić information content (AvgIpc) is 2.25. The Hall–Kier alpha value is -0.872. The predicted octanol–water partition coefficient (Wildman–Crippen LogP) is 2.34. The molecule has 2 aromatic rings. The monoisotopic (exact) mass is 377 g/mol. The predicted molar refractivity (Wildman–Crippen MR) is 61.6 cm³/mol. The van der Waals surface area contributed by atoms with Crippen molar-refractivity contribution in [2.75, 3.05) is 0 Å². The van der Waals surface area contributed by atoms with Crippen LogP contribution in [0.4, 0.5) is 0 Å². The first kappa shape index (κ1) is 10.6. The molecular weight excluding hydrogens is 363 g/mol. The number of benzene rings is 2. The molecule has 0 saturated carbocycles. The van der Waals surface area contributed by atoms with E-state index in [-0.39, 0.29) is 18.6 Å². The van der Waals surface area contributed by atoms with Crippen LogP contribution in [0.3, 0.4) is 0 Å². The van der Waals surface area contributed by atoms with Gasteiger partial charge in [0.2, 0.25) is 0 Å². The fourth-order valence-corrected chi connectivity index (χ4v) is 3.53. The molecule has 2 rings (SSSR count). The molecule has 1 heteroatoms. The minimum atomic E-state index is -0.00722. The Balaban J connectivity index is 2.15. The van der Waals surface area contributed by atoms with Gasteiger partial charge in [0.05, 0.1) is 0 Å². The van der Waals surface area contributed by atoms with Crippen LogP contribution < -0.4 is 7.91 Å². The third kappa shape index (κ3) is 3.04. The molecule has 0 saturated heterocycles. The van der Waals surface area contributed by atoms with Gasteiger partial charge < -0.3 is 0 Å². The van der Waals surface area contributed by atoms with Crippen molar-refractivity contribution in [3.8, 4) is 0 Å². The Kier molecular flexibility index (Phi) is 3.38. The van der Waals surface area contributed by atoms with Crippen LogP contribution in [0, 0.1) is 13.8 Å². The van der Waals surface area contributed by atoms with Gasteiger partial charge in [0.1, 0.15) is 0 Å². The molecule has 0 aliphatic rings. The first-order valence-electron chi connectivity index (χ1n) is 4.96. The molecule has 0 aliphatic carbocycles. The van der Waals surface area contributed by atoms with Crippen molar-refractivity contribution in [2.45, 2.75) is 13.8 Å². The Morgan fingerprint density at radius 2 is 0.933 bits per heavy atom. The number of hydrogen-bond donors (Lipinski definition) is 0. The molecule has 0 amide bonds. The van der Waals surface area contributed by atoms with Gasteiger partial charge in [0.15, 0.2) is 0 Å². The van der Waals surface area contributed by atoms with E-state index in [2.05, 4.69) is 62.4 Å². The van der Waals surface area contributed by atoms with E-state index in [1.807, 2.05) is 0 Å². The van der Waals surface area contributed by atoms with Crippen LogP contribution >= 0.6 is 0 Å². The number of hydrogen-bond acceptors (Lipinski definition) is 0. The number of rotatable bonds is 2. The molecule has 80 valence electrons. The van der Waals surface area contributed by atoms with Gasteiger partial charge >= 0.3 is 100.0 Å². The maximum absolute atomic E-state index is 2.25. The van der Waals surface area contributed by atoms with Crippen molar-refractivity contribution >= 4 is 7.91 Å². The van der Waals surface area contributed by atoms with E-state index in [9.17, 15) is 0 Å². The molecule has 0 aromatic heterocycles. The molecular formula is C14H14Pt. The summed E-state index contributed by atoms with van der Waals surface area (Å²) in [4.78, 5) is 0. The van der Waals surface area contributed by atoms with E-state index in [1.54, 1.807) is 0 Å². The van der Waals surface area contributed by atoms with Crippen LogP contribution in [-0.2, 0) is 18.6 Å². The molecule has 0 N–H and O–H groups in total. The van der Waals surface area contributed by atoms with Crippen molar-refractivity contribution in [2.24, 2.45) is 0 Å². The van der Waals surface area contributed by atoms with Gasteiger partial charge in [-0.15, -0.1) is 0 Å². The third-order valence-corrected chi connectivity index (χ3v) is 4.99. The minimum absolute atomic E-state index is 0.00722. The molecule has 0 atom stereocenters. The van der Waals surface area contributed by atoms with Crippen molar-refractivity contribution in [1.82, 2.24) is 0 Å². The summed E-state index contributed by atoms with van der Waals surface area (Å²) in [5, 5.41) is 0. The Morgan fingerprint density at radius 3 is 1.27 bits per heavy atom. The van der Waals surface area contributed by atoms with Crippen LogP contribution in [0.15, 0.2) is 48.5 Å². The van der Waals surface area contributed by atoms with E-state index in [0.717, 1.165) is 0 Å². The molecule has 0 bridgehead atoms. The summed E-state index contributed by atoms with van der Waals surface area (Å²) >= 11 is -0.00722. The van der Waals surface area contributed by atoms with Gasteiger partial charge in [-0.05, 0) is 0 Å². The first-order valence-corrected chi connectivity index (χ1v) is 7.23. The molecule has 0 unspecified atom stereocenters. The van der Waals surface area contributed by atoms with E-state index in [4.69, 9.17) is 0 Å². The summed E-state index contributed by atoms with van der Waals surface area (Å²) in [6.07, 6.45) is 0. The number of aryl methyl sites for hydroxylation is 2. The zero-order valence-corrected chi connectivity index (χ0v) is 11.2. The van der Waals surface area contributed by atoms with E-state index in [1.165, 1.54) is 19.0 Å². The molecule has 0 nitrogen and oxygen atoms in total. The Labute approximate surface area is 99.9 Å². The molecule has 0 aliphatic heterocycles. The second kappa shape index (κ2) is 4.77. The topological polar surface area (TPSA) is 0 Å². The maximum atomic E-state index is 2.25. The summed E-state index contributed by atoms with van der Waals surface area (Å²) in [5.41, 5.74) is 2.68. The standard InChI is InChI=1S/2C7H7.Pt/c2*1-7-5-3-2-4-6-7;/h2*3-6H,1H3;. The first-order chi connectivity index (χ1) is 7.24. The fraction of sp³-hybridized carbons (Fsp3) is 0.143. The van der Waals surface area contributed by atoms with Gasteiger partial charge in [-0.2, -0.15) is 0 Å². The van der Waals surface area contributed by atoms with Gasteiger partial charge in [0, 0.05) is 0 Å². The van der Waals surface area contributed by atoms with E-state index < -0.39 is 0 Å². The molecule has 0 spiro atoms. The summed E-state index contributed by atoms with van der Waals surface area (Å²) in [6, 6.07) is 17.8. The van der Waals surface area contributed by atoms with Crippen LogP contribution in [0.1, 0.15) is 11.1 Å². The molecule has 15 heavy (non-hydrogen) atoms.